The zero-order valence-electron chi connectivity index (χ0n) is 9.19. The molecule has 0 fully saturated rings. The smallest absolute Gasteiger partial charge is 0.230 e. The Labute approximate surface area is 99.3 Å². The van der Waals surface area contributed by atoms with Gasteiger partial charge in [0, 0.05) is 18.0 Å². The van der Waals surface area contributed by atoms with E-state index in [4.69, 9.17) is 0 Å². The van der Waals surface area contributed by atoms with Crippen LogP contribution >= 0.6 is 11.8 Å². The maximum atomic E-state index is 11.6. The zero-order valence-corrected chi connectivity index (χ0v) is 10.0. The van der Waals surface area contributed by atoms with Crippen molar-refractivity contribution in [3.8, 4) is 0 Å². The Morgan fingerprint density at radius 3 is 2.81 bits per heavy atom. The Balaban J connectivity index is 1.89. The Kier molecular flexibility index (Phi) is 3.62. The summed E-state index contributed by atoms with van der Waals surface area (Å²) in [6.45, 7) is 2.87. The number of nitrogens with zero attached hydrogens (tertiary/aromatic N) is 1. The largest absolute Gasteiger partial charge is 0.326 e. The number of hydrogen-bond acceptors (Lipinski definition) is 3. The molecule has 0 unspecified atom stereocenters. The molecule has 1 heterocycles. The third kappa shape index (κ3) is 3.10. The average molecular weight is 234 g/mol. The van der Waals surface area contributed by atoms with Crippen LogP contribution in [0.3, 0.4) is 0 Å². The first-order valence-electron chi connectivity index (χ1n) is 5.27. The van der Waals surface area contributed by atoms with Crippen LogP contribution in [0.2, 0.25) is 0 Å². The van der Waals surface area contributed by atoms with Gasteiger partial charge in [0.15, 0.2) is 0 Å². The van der Waals surface area contributed by atoms with Crippen LogP contribution in [-0.4, -0.2) is 23.2 Å². The summed E-state index contributed by atoms with van der Waals surface area (Å²) in [5, 5.41) is 3.81. The fraction of sp³-hybridized carbons (Fsp3) is 0.333. The standard InChI is InChI=1S/C12H14N2OS/c1-9-2-4-10(5-3-9)14-11(15)8-12-13-6-7-16-12/h2-5H,6-8H2,1H3,(H,14,15). The maximum Gasteiger partial charge on any atom is 0.230 e. The number of carbonyl (C=O) groups excluding carboxylic acids is 1. The van der Waals surface area contributed by atoms with E-state index < -0.39 is 0 Å². The van der Waals surface area contributed by atoms with Gasteiger partial charge in [0.05, 0.1) is 11.5 Å². The third-order valence-corrected chi connectivity index (χ3v) is 3.29. The first-order valence-corrected chi connectivity index (χ1v) is 6.25. The molecule has 1 aliphatic heterocycles. The molecule has 0 aromatic heterocycles. The summed E-state index contributed by atoms with van der Waals surface area (Å²) in [6, 6.07) is 7.79. The average Bonchev–Trinajstić information content (AvgIpc) is 2.74. The third-order valence-electron chi connectivity index (χ3n) is 2.30. The van der Waals surface area contributed by atoms with Gasteiger partial charge in [0.2, 0.25) is 5.91 Å². The fourth-order valence-electron chi connectivity index (χ4n) is 1.47. The van der Waals surface area contributed by atoms with Gasteiger partial charge in [-0.1, -0.05) is 17.7 Å². The summed E-state index contributed by atoms with van der Waals surface area (Å²) >= 11 is 1.67. The predicted molar refractivity (Wildman–Crippen MR) is 69.2 cm³/mol. The normalized spacial score (nSPS) is 14.7. The van der Waals surface area contributed by atoms with Gasteiger partial charge in [-0.3, -0.25) is 9.79 Å². The number of aryl methyl sites for hydroxylation is 1. The first kappa shape index (κ1) is 11.2. The second-order valence-corrected chi connectivity index (χ2v) is 4.88. The Bertz CT molecular complexity index is 412. The van der Waals surface area contributed by atoms with Crippen LogP contribution in [-0.2, 0) is 4.79 Å². The second-order valence-electron chi connectivity index (χ2n) is 3.71. The molecule has 1 amide bonds. The highest BCUT2D eigenvalue weighted by Crippen LogP contribution is 2.15. The molecule has 1 aromatic carbocycles. The monoisotopic (exact) mass is 234 g/mol. The van der Waals surface area contributed by atoms with Crippen molar-refractivity contribution < 1.29 is 4.79 Å². The minimum absolute atomic E-state index is 0.0111. The minimum atomic E-state index is 0.0111. The van der Waals surface area contributed by atoms with E-state index in [1.54, 1.807) is 11.8 Å². The molecule has 0 spiro atoms. The number of anilines is 1. The molecule has 0 saturated carbocycles. The molecule has 84 valence electrons. The maximum absolute atomic E-state index is 11.6. The van der Waals surface area contributed by atoms with Crippen LogP contribution in [0.25, 0.3) is 0 Å². The number of carbonyl (C=O) groups is 1. The number of nitrogens with one attached hydrogen (secondary N) is 1. The Hall–Kier alpha value is -1.29. The minimum Gasteiger partial charge on any atom is -0.326 e. The van der Waals surface area contributed by atoms with Crippen molar-refractivity contribution in [2.24, 2.45) is 4.99 Å². The number of rotatable bonds is 3. The van der Waals surface area contributed by atoms with Gasteiger partial charge < -0.3 is 5.32 Å². The van der Waals surface area contributed by atoms with Gasteiger partial charge in [0.1, 0.15) is 0 Å². The van der Waals surface area contributed by atoms with Crippen molar-refractivity contribution in [3.63, 3.8) is 0 Å². The predicted octanol–water partition coefficient (Wildman–Crippen LogP) is 2.47. The molecule has 16 heavy (non-hydrogen) atoms. The van der Waals surface area contributed by atoms with Gasteiger partial charge >= 0.3 is 0 Å². The van der Waals surface area contributed by atoms with E-state index in [1.807, 2.05) is 31.2 Å². The van der Waals surface area contributed by atoms with Crippen molar-refractivity contribution in [1.29, 1.82) is 0 Å². The van der Waals surface area contributed by atoms with E-state index in [-0.39, 0.29) is 5.91 Å². The van der Waals surface area contributed by atoms with Gasteiger partial charge in [-0.05, 0) is 19.1 Å². The summed E-state index contributed by atoms with van der Waals surface area (Å²) in [5.74, 6) is 1.02. The molecule has 0 saturated heterocycles. The van der Waals surface area contributed by atoms with Gasteiger partial charge in [0.25, 0.3) is 0 Å². The number of amides is 1. The van der Waals surface area contributed by atoms with Crippen LogP contribution in [0.1, 0.15) is 12.0 Å². The summed E-state index contributed by atoms with van der Waals surface area (Å²) in [5.41, 5.74) is 2.04. The number of thioether (sulfide) groups is 1. The highest BCUT2D eigenvalue weighted by atomic mass is 32.2. The lowest BCUT2D eigenvalue weighted by atomic mass is 10.2. The topological polar surface area (TPSA) is 41.5 Å². The summed E-state index contributed by atoms with van der Waals surface area (Å²) in [4.78, 5) is 15.9. The fourth-order valence-corrected chi connectivity index (χ4v) is 2.30. The summed E-state index contributed by atoms with van der Waals surface area (Å²) in [7, 11) is 0. The van der Waals surface area contributed by atoms with Crippen molar-refractivity contribution in [2.75, 3.05) is 17.6 Å². The summed E-state index contributed by atoms with van der Waals surface area (Å²) in [6.07, 6.45) is 0.401. The van der Waals surface area contributed by atoms with Crippen molar-refractivity contribution in [2.45, 2.75) is 13.3 Å². The van der Waals surface area contributed by atoms with Crippen molar-refractivity contribution >= 4 is 28.4 Å². The van der Waals surface area contributed by atoms with E-state index in [1.165, 1.54) is 5.56 Å². The lowest BCUT2D eigenvalue weighted by Gasteiger charge is -2.04. The molecular weight excluding hydrogens is 220 g/mol. The molecule has 1 aromatic rings. The van der Waals surface area contributed by atoms with Gasteiger partial charge in [-0.25, -0.2) is 0 Å². The Morgan fingerprint density at radius 1 is 1.44 bits per heavy atom. The molecule has 0 aliphatic carbocycles. The van der Waals surface area contributed by atoms with E-state index in [9.17, 15) is 4.79 Å². The molecule has 4 heteroatoms. The van der Waals surface area contributed by atoms with Gasteiger partial charge in [-0.15, -0.1) is 11.8 Å². The number of aliphatic imine (C=N–C) groups is 1. The number of hydrogen-bond donors (Lipinski definition) is 1. The lowest BCUT2D eigenvalue weighted by Crippen LogP contribution is -2.14. The quantitative estimate of drug-likeness (QED) is 0.873. The molecule has 0 radical (unpaired) electrons. The number of benzene rings is 1. The molecule has 0 bridgehead atoms. The lowest BCUT2D eigenvalue weighted by molar-refractivity contribution is -0.115. The summed E-state index contributed by atoms with van der Waals surface area (Å²) < 4.78 is 0. The van der Waals surface area contributed by atoms with Crippen LogP contribution < -0.4 is 5.32 Å². The van der Waals surface area contributed by atoms with E-state index in [2.05, 4.69) is 10.3 Å². The molecule has 3 nitrogen and oxygen atoms in total. The highest BCUT2D eigenvalue weighted by Gasteiger charge is 2.11. The van der Waals surface area contributed by atoms with Crippen molar-refractivity contribution in [1.82, 2.24) is 0 Å². The van der Waals surface area contributed by atoms with E-state index in [0.717, 1.165) is 23.0 Å². The molecular formula is C12H14N2OS. The van der Waals surface area contributed by atoms with E-state index >= 15 is 0 Å². The SMILES string of the molecule is Cc1ccc(NC(=O)CC2=NCCS2)cc1. The second kappa shape index (κ2) is 5.16. The Morgan fingerprint density at radius 2 is 2.19 bits per heavy atom. The van der Waals surface area contributed by atoms with Crippen molar-refractivity contribution in [3.05, 3.63) is 29.8 Å². The van der Waals surface area contributed by atoms with Crippen LogP contribution in [0.5, 0.6) is 0 Å². The van der Waals surface area contributed by atoms with Crippen LogP contribution in [0, 0.1) is 6.92 Å². The van der Waals surface area contributed by atoms with Crippen LogP contribution in [0.4, 0.5) is 5.69 Å². The first-order chi connectivity index (χ1) is 7.74. The van der Waals surface area contributed by atoms with Crippen LogP contribution in [0.15, 0.2) is 29.3 Å². The zero-order chi connectivity index (χ0) is 11.4. The molecule has 2 rings (SSSR count). The van der Waals surface area contributed by atoms with Gasteiger partial charge in [-0.2, -0.15) is 0 Å². The molecule has 1 aliphatic rings. The molecule has 1 N–H and O–H groups in total. The molecule has 0 atom stereocenters. The van der Waals surface area contributed by atoms with E-state index in [0.29, 0.717) is 6.42 Å². The highest BCUT2D eigenvalue weighted by molar-refractivity contribution is 8.14.